The molecule has 0 aromatic heterocycles. The second-order valence-corrected chi connectivity index (χ2v) is 5.98. The monoisotopic (exact) mass is 346 g/mol. The van der Waals surface area contributed by atoms with Crippen molar-refractivity contribution in [2.45, 2.75) is 90.4 Å². The Morgan fingerprint density at radius 1 is 0.750 bits per heavy atom. The number of carbonyl (C=O) groups excluding carboxylic acids is 4. The van der Waals surface area contributed by atoms with E-state index in [1.54, 1.807) is 0 Å². The van der Waals surface area contributed by atoms with Crippen LogP contribution in [0.1, 0.15) is 79.1 Å². The maximum Gasteiger partial charge on any atom is 0.225 e. The third kappa shape index (κ3) is 5.28. The van der Waals surface area contributed by atoms with Gasteiger partial charge in [-0.15, -0.1) is 0 Å². The Labute approximate surface area is 142 Å². The molecular weight excluding hydrogens is 318 g/mol. The van der Waals surface area contributed by atoms with Gasteiger partial charge >= 0.3 is 0 Å². The molecule has 2 aliphatic carbocycles. The highest BCUT2D eigenvalue weighted by Crippen LogP contribution is 2.30. The van der Waals surface area contributed by atoms with E-state index in [4.69, 9.17) is 0 Å². The quantitative estimate of drug-likeness (QED) is 0.712. The number of rotatable bonds is 2. The van der Waals surface area contributed by atoms with Crippen LogP contribution in [0.2, 0.25) is 0 Å². The number of alkyl halides is 2. The van der Waals surface area contributed by atoms with Crippen LogP contribution in [0.25, 0.3) is 0 Å². The minimum Gasteiger partial charge on any atom is -0.296 e. The lowest BCUT2D eigenvalue weighted by Gasteiger charge is -2.24. The van der Waals surface area contributed by atoms with Crippen LogP contribution in [0.15, 0.2) is 0 Å². The second-order valence-electron chi connectivity index (χ2n) is 5.98. The fourth-order valence-corrected chi connectivity index (χ4v) is 2.73. The summed E-state index contributed by atoms with van der Waals surface area (Å²) in [6.45, 7) is 6.28. The smallest absolute Gasteiger partial charge is 0.225 e. The fourth-order valence-electron chi connectivity index (χ4n) is 2.73. The summed E-state index contributed by atoms with van der Waals surface area (Å²) in [6.07, 6.45) is 3.33. The van der Waals surface area contributed by atoms with Gasteiger partial charge in [-0.05, 0) is 52.4 Å². The predicted octanol–water partition coefficient (Wildman–Crippen LogP) is 3.88. The van der Waals surface area contributed by atoms with Gasteiger partial charge in [0.1, 0.15) is 0 Å². The van der Waals surface area contributed by atoms with Crippen molar-refractivity contribution >= 4 is 23.1 Å². The fraction of sp³-hybridized carbons (Fsp3) is 0.778. The Kier molecular flexibility index (Phi) is 9.15. The van der Waals surface area contributed by atoms with E-state index in [9.17, 15) is 28.0 Å². The summed E-state index contributed by atoms with van der Waals surface area (Å²) >= 11 is 0. The zero-order valence-corrected chi connectivity index (χ0v) is 15.0. The number of hydrogen-bond donors (Lipinski definition) is 0. The summed E-state index contributed by atoms with van der Waals surface area (Å²) in [5, 5.41) is 0. The van der Waals surface area contributed by atoms with Crippen molar-refractivity contribution in [3.05, 3.63) is 0 Å². The van der Waals surface area contributed by atoms with E-state index in [0.717, 1.165) is 26.7 Å². The van der Waals surface area contributed by atoms with Gasteiger partial charge in [0.15, 0.2) is 23.1 Å². The van der Waals surface area contributed by atoms with E-state index < -0.39 is 34.5 Å². The molecule has 138 valence electrons. The van der Waals surface area contributed by atoms with Crippen molar-refractivity contribution < 1.29 is 28.0 Å². The summed E-state index contributed by atoms with van der Waals surface area (Å²) in [5.41, 5.74) is -4.28. The summed E-state index contributed by atoms with van der Waals surface area (Å²) in [5.74, 6) is -2.34. The highest BCUT2D eigenvalue weighted by Gasteiger charge is 2.45. The van der Waals surface area contributed by atoms with Crippen LogP contribution in [0.4, 0.5) is 8.78 Å². The zero-order chi connectivity index (χ0) is 19.0. The van der Waals surface area contributed by atoms with Gasteiger partial charge in [0.05, 0.1) is 0 Å². The minimum absolute atomic E-state index is 0.0845. The zero-order valence-electron chi connectivity index (χ0n) is 15.0. The molecular formula is C18H28F2O4. The van der Waals surface area contributed by atoms with Crippen LogP contribution in [0, 0.1) is 0 Å². The molecule has 2 saturated carbocycles. The van der Waals surface area contributed by atoms with Gasteiger partial charge in [-0.1, -0.05) is 13.8 Å². The first-order valence-corrected chi connectivity index (χ1v) is 8.61. The van der Waals surface area contributed by atoms with Crippen molar-refractivity contribution in [2.24, 2.45) is 0 Å². The van der Waals surface area contributed by atoms with Gasteiger partial charge in [0.25, 0.3) is 0 Å². The Morgan fingerprint density at radius 3 is 1.21 bits per heavy atom. The Morgan fingerprint density at radius 2 is 1.04 bits per heavy atom. The van der Waals surface area contributed by atoms with E-state index >= 15 is 0 Å². The average molecular weight is 346 g/mol. The molecule has 0 radical (unpaired) electrons. The molecule has 0 aliphatic heterocycles. The van der Waals surface area contributed by atoms with Crippen LogP contribution in [0.3, 0.4) is 0 Å². The highest BCUT2D eigenvalue weighted by molar-refractivity contribution is 6.10. The van der Waals surface area contributed by atoms with E-state index in [1.807, 2.05) is 13.8 Å². The van der Waals surface area contributed by atoms with Crippen LogP contribution in [0.5, 0.6) is 0 Å². The summed E-state index contributed by atoms with van der Waals surface area (Å²) in [4.78, 5) is 43.4. The van der Waals surface area contributed by atoms with E-state index in [2.05, 4.69) is 0 Å². The van der Waals surface area contributed by atoms with Gasteiger partial charge in [-0.3, -0.25) is 19.2 Å². The first-order valence-electron chi connectivity index (χ1n) is 8.61. The van der Waals surface area contributed by atoms with Gasteiger partial charge < -0.3 is 0 Å². The van der Waals surface area contributed by atoms with Crippen LogP contribution < -0.4 is 0 Å². The van der Waals surface area contributed by atoms with Gasteiger partial charge in [-0.25, -0.2) is 8.78 Å². The van der Waals surface area contributed by atoms with Crippen LogP contribution >= 0.6 is 0 Å². The maximum absolute atomic E-state index is 13.4. The second kappa shape index (κ2) is 9.74. The lowest BCUT2D eigenvalue weighted by Crippen LogP contribution is -2.43. The average Bonchev–Trinajstić information content (AvgIpc) is 2.55. The molecule has 0 heterocycles. The van der Waals surface area contributed by atoms with Crippen molar-refractivity contribution in [3.8, 4) is 0 Å². The number of ketones is 4. The molecule has 0 N–H and O–H groups in total. The Balaban J connectivity index is 0.000000400. The molecule has 2 aliphatic rings. The normalized spacial score (nSPS) is 29.6. The van der Waals surface area contributed by atoms with E-state index in [-0.39, 0.29) is 25.7 Å². The predicted molar refractivity (Wildman–Crippen MR) is 87.3 cm³/mol. The van der Waals surface area contributed by atoms with Crippen LogP contribution in [-0.4, -0.2) is 34.5 Å². The van der Waals surface area contributed by atoms with Gasteiger partial charge in [0.2, 0.25) is 11.3 Å². The molecule has 2 fully saturated rings. The lowest BCUT2D eigenvalue weighted by atomic mass is 9.83. The first kappa shape index (κ1) is 22.5. The topological polar surface area (TPSA) is 68.3 Å². The van der Waals surface area contributed by atoms with Crippen molar-refractivity contribution in [1.29, 1.82) is 0 Å². The van der Waals surface area contributed by atoms with Crippen molar-refractivity contribution in [3.63, 3.8) is 0 Å². The van der Waals surface area contributed by atoms with Crippen molar-refractivity contribution in [2.75, 3.05) is 0 Å². The Bertz CT molecular complexity index is 445. The molecule has 6 heteroatoms. The molecule has 2 atom stereocenters. The summed E-state index contributed by atoms with van der Waals surface area (Å²) in [6, 6.07) is 0. The molecule has 0 spiro atoms. The van der Waals surface area contributed by atoms with Crippen molar-refractivity contribution in [1.82, 2.24) is 0 Å². The number of carbonyl (C=O) groups is 4. The number of hydrogen-bond acceptors (Lipinski definition) is 4. The molecule has 0 bridgehead atoms. The molecule has 0 aromatic carbocycles. The largest absolute Gasteiger partial charge is 0.296 e. The number of Topliss-reactive ketones (excluding diaryl/α,β-unsaturated/α-hetero) is 4. The molecule has 0 saturated heterocycles. The van der Waals surface area contributed by atoms with Gasteiger partial charge in [-0.2, -0.15) is 0 Å². The minimum atomic E-state index is -2.14. The standard InChI is InChI=1S/2C8H11FO2.C2H6/c2*1-6(10)8(9)5-3-2-4-7(8)11;1-2/h2*2-5H2,1H3;1-2H3. The lowest BCUT2D eigenvalue weighted by molar-refractivity contribution is -0.145. The summed E-state index contributed by atoms with van der Waals surface area (Å²) in [7, 11) is 0. The SMILES string of the molecule is CC.CC(=O)C1(F)CCCCC1=O.CC(=O)C1(F)CCCCC1=O. The summed E-state index contributed by atoms with van der Waals surface area (Å²) < 4.78 is 26.8. The Hall–Kier alpha value is -1.46. The third-order valence-corrected chi connectivity index (χ3v) is 4.35. The van der Waals surface area contributed by atoms with E-state index in [0.29, 0.717) is 12.8 Å². The molecule has 4 nitrogen and oxygen atoms in total. The number of halogens is 2. The van der Waals surface area contributed by atoms with E-state index in [1.165, 1.54) is 0 Å². The molecule has 24 heavy (non-hydrogen) atoms. The molecule has 2 rings (SSSR count). The molecule has 0 amide bonds. The third-order valence-electron chi connectivity index (χ3n) is 4.35. The highest BCUT2D eigenvalue weighted by atomic mass is 19.1. The van der Waals surface area contributed by atoms with Crippen LogP contribution in [-0.2, 0) is 19.2 Å². The van der Waals surface area contributed by atoms with Gasteiger partial charge in [0, 0.05) is 12.8 Å². The maximum atomic E-state index is 13.4. The first-order chi connectivity index (χ1) is 11.1. The molecule has 0 aromatic rings. The molecule has 2 unspecified atom stereocenters.